The third-order valence-corrected chi connectivity index (χ3v) is 6.92. The maximum atomic E-state index is 12.3. The Labute approximate surface area is 191 Å². The fourth-order valence-electron chi connectivity index (χ4n) is 5.00. The van der Waals surface area contributed by atoms with Crippen LogP contribution >= 0.6 is 0 Å². The topological polar surface area (TPSA) is 95.8 Å². The van der Waals surface area contributed by atoms with Gasteiger partial charge in [0, 0.05) is 31.6 Å². The van der Waals surface area contributed by atoms with Gasteiger partial charge in [-0.25, -0.2) is 9.97 Å². The van der Waals surface area contributed by atoms with Crippen molar-refractivity contribution >= 4 is 22.6 Å². The number of aromatic amines is 1. The molecule has 1 amide bonds. The first-order chi connectivity index (χ1) is 16.0. The quantitative estimate of drug-likeness (QED) is 0.488. The average Bonchev–Trinajstić information content (AvgIpc) is 3.23. The molecule has 1 aliphatic carbocycles. The second-order valence-electron chi connectivity index (χ2n) is 9.27. The molecule has 2 fully saturated rings. The van der Waals surface area contributed by atoms with E-state index in [0.29, 0.717) is 18.9 Å². The van der Waals surface area contributed by atoms with Crippen LogP contribution < -0.4 is 4.74 Å². The Morgan fingerprint density at radius 1 is 1.21 bits per heavy atom. The molecule has 3 atom stereocenters. The summed E-state index contributed by atoms with van der Waals surface area (Å²) in [4.78, 5) is 26.8. The number of carbonyl (C=O) groups is 1. The van der Waals surface area contributed by atoms with Crippen LogP contribution in [0.3, 0.4) is 0 Å². The van der Waals surface area contributed by atoms with Gasteiger partial charge in [0.15, 0.2) is 5.65 Å². The number of aromatic nitrogens is 4. The van der Waals surface area contributed by atoms with Gasteiger partial charge in [-0.15, -0.1) is 0 Å². The van der Waals surface area contributed by atoms with Crippen LogP contribution in [0.15, 0.2) is 42.7 Å². The lowest BCUT2D eigenvalue weighted by Gasteiger charge is -2.22. The number of imidazole rings is 1. The predicted octanol–water partition coefficient (Wildman–Crippen LogP) is 3.71. The summed E-state index contributed by atoms with van der Waals surface area (Å²) in [6.07, 6.45) is 6.27. The molecule has 6 rings (SSSR count). The Bertz CT molecular complexity index is 1340. The number of H-pyrrole nitrogens is 1. The number of nitrogens with zero attached hydrogens (tertiary/aromatic N) is 4. The number of aliphatic hydroxyl groups is 1. The van der Waals surface area contributed by atoms with Crippen LogP contribution in [0.25, 0.3) is 27.9 Å². The average molecular weight is 446 g/mol. The molecule has 0 spiro atoms. The van der Waals surface area contributed by atoms with E-state index in [1.165, 1.54) is 19.8 Å². The summed E-state index contributed by atoms with van der Waals surface area (Å²) in [5.74, 6) is 2.20. The Morgan fingerprint density at radius 3 is 2.73 bits per heavy atom. The van der Waals surface area contributed by atoms with Crippen LogP contribution in [0, 0.1) is 5.92 Å². The van der Waals surface area contributed by atoms with E-state index in [2.05, 4.69) is 21.3 Å². The highest BCUT2D eigenvalue weighted by Gasteiger charge is 2.37. The highest BCUT2D eigenvalue weighted by Crippen LogP contribution is 2.38. The maximum Gasteiger partial charge on any atom is 0.220 e. The minimum atomic E-state index is -0.567. The van der Waals surface area contributed by atoms with E-state index in [0.717, 1.165) is 39.5 Å². The summed E-state index contributed by atoms with van der Waals surface area (Å²) in [5.41, 5.74) is 4.26. The van der Waals surface area contributed by atoms with Crippen LogP contribution in [0.2, 0.25) is 0 Å². The summed E-state index contributed by atoms with van der Waals surface area (Å²) in [6.45, 7) is 3.98. The first kappa shape index (κ1) is 20.2. The van der Waals surface area contributed by atoms with Crippen molar-refractivity contribution in [3.05, 3.63) is 48.5 Å². The largest absolute Gasteiger partial charge is 0.490 e. The van der Waals surface area contributed by atoms with E-state index < -0.39 is 6.10 Å². The summed E-state index contributed by atoms with van der Waals surface area (Å²) in [6, 6.07) is 9.68. The lowest BCUT2D eigenvalue weighted by Crippen LogP contribution is -2.30. The molecule has 33 heavy (non-hydrogen) atoms. The fourth-order valence-corrected chi connectivity index (χ4v) is 5.00. The third-order valence-electron chi connectivity index (χ3n) is 6.92. The second-order valence-corrected chi connectivity index (χ2v) is 9.27. The first-order valence-electron chi connectivity index (χ1n) is 11.6. The Kier molecular flexibility index (Phi) is 4.65. The molecule has 8 nitrogen and oxygen atoms in total. The molecule has 0 radical (unpaired) electrons. The monoisotopic (exact) mass is 445 g/mol. The SMILES string of the molecule is CC(=O)N1C[C@H](O)C[C@@H]1c1nc(-c2ccc(O[C@H](C)C3CC3)cc2)c2cnc3[nH]ccc3n12. The van der Waals surface area contributed by atoms with E-state index >= 15 is 0 Å². The molecular formula is C25H27N5O3. The zero-order chi connectivity index (χ0) is 22.7. The Morgan fingerprint density at radius 2 is 2.00 bits per heavy atom. The lowest BCUT2D eigenvalue weighted by atomic mass is 10.1. The van der Waals surface area contributed by atoms with Crippen molar-refractivity contribution in [1.29, 1.82) is 0 Å². The predicted molar refractivity (Wildman–Crippen MR) is 124 cm³/mol. The van der Waals surface area contributed by atoms with E-state index in [1.807, 2.05) is 42.7 Å². The Balaban J connectivity index is 1.46. The van der Waals surface area contributed by atoms with Gasteiger partial charge in [0.05, 0.1) is 41.2 Å². The van der Waals surface area contributed by atoms with Gasteiger partial charge >= 0.3 is 0 Å². The molecule has 2 aliphatic rings. The van der Waals surface area contributed by atoms with E-state index in [4.69, 9.17) is 9.72 Å². The summed E-state index contributed by atoms with van der Waals surface area (Å²) < 4.78 is 8.15. The molecular weight excluding hydrogens is 418 g/mol. The van der Waals surface area contributed by atoms with Crippen molar-refractivity contribution < 1.29 is 14.6 Å². The minimum absolute atomic E-state index is 0.0690. The number of likely N-dealkylation sites (tertiary alicyclic amines) is 1. The molecule has 2 N–H and O–H groups in total. The molecule has 1 aromatic carbocycles. The van der Waals surface area contributed by atoms with Crippen molar-refractivity contribution in [3.63, 3.8) is 0 Å². The van der Waals surface area contributed by atoms with E-state index in [9.17, 15) is 9.90 Å². The van der Waals surface area contributed by atoms with Crippen molar-refractivity contribution in [1.82, 2.24) is 24.3 Å². The Hall–Kier alpha value is -3.39. The first-order valence-corrected chi connectivity index (χ1v) is 11.6. The van der Waals surface area contributed by atoms with Crippen molar-refractivity contribution in [2.75, 3.05) is 6.54 Å². The summed E-state index contributed by atoms with van der Waals surface area (Å²) >= 11 is 0. The van der Waals surface area contributed by atoms with Crippen molar-refractivity contribution in [2.45, 2.75) is 51.4 Å². The van der Waals surface area contributed by atoms with Gasteiger partial charge in [-0.05, 0) is 56.0 Å². The number of nitrogens with one attached hydrogen (secondary N) is 1. The molecule has 3 aromatic heterocycles. The number of ether oxygens (including phenoxy) is 1. The van der Waals surface area contributed by atoms with Crippen LogP contribution in [0.5, 0.6) is 5.75 Å². The van der Waals surface area contributed by atoms with E-state index in [-0.39, 0.29) is 18.1 Å². The number of aliphatic hydroxyl groups excluding tert-OH is 1. The maximum absolute atomic E-state index is 12.3. The smallest absolute Gasteiger partial charge is 0.220 e. The highest BCUT2D eigenvalue weighted by atomic mass is 16.5. The molecule has 4 heterocycles. The standard InChI is InChI=1S/C25H27N5O3/c1-14(16-3-4-16)33-19-7-5-17(6-8-19)23-22-12-27-24-20(9-10-26-24)30(22)25(28-23)21-11-18(32)13-29(21)15(2)31/h5-10,12,14,16,18,21,26,32H,3-4,11,13H2,1-2H3/t14-,18-,21-/m1/s1. The highest BCUT2D eigenvalue weighted by molar-refractivity contribution is 5.84. The van der Waals surface area contributed by atoms with Crippen LogP contribution in [-0.4, -0.2) is 54.0 Å². The molecule has 4 aromatic rings. The normalized spacial score (nSPS) is 21.7. The molecule has 1 saturated carbocycles. The van der Waals surface area contributed by atoms with Gasteiger partial charge in [0.2, 0.25) is 5.91 Å². The van der Waals surface area contributed by atoms with Crippen LogP contribution in [-0.2, 0) is 4.79 Å². The number of fused-ring (bicyclic) bond motifs is 3. The van der Waals surface area contributed by atoms with E-state index in [1.54, 1.807) is 4.90 Å². The molecule has 1 aliphatic heterocycles. The van der Waals surface area contributed by atoms with Gasteiger partial charge in [-0.3, -0.25) is 9.20 Å². The number of benzene rings is 1. The third kappa shape index (κ3) is 3.45. The number of amides is 1. The van der Waals surface area contributed by atoms with Gasteiger partial charge in [-0.1, -0.05) is 0 Å². The molecule has 170 valence electrons. The molecule has 8 heteroatoms. The van der Waals surface area contributed by atoms with Crippen LogP contribution in [0.4, 0.5) is 0 Å². The number of β-amino-alcohol motifs (C(OH)–C–C–N with tert-alkyl or cyclic N) is 1. The van der Waals surface area contributed by atoms with Gasteiger partial charge in [0.1, 0.15) is 11.6 Å². The van der Waals surface area contributed by atoms with Gasteiger partial charge in [-0.2, -0.15) is 0 Å². The lowest BCUT2D eigenvalue weighted by molar-refractivity contribution is -0.130. The number of carbonyl (C=O) groups excluding carboxylic acids is 1. The fraction of sp³-hybridized carbons (Fsp3) is 0.400. The summed E-state index contributed by atoms with van der Waals surface area (Å²) in [7, 11) is 0. The van der Waals surface area contributed by atoms with Gasteiger partial charge in [0.25, 0.3) is 0 Å². The second kappa shape index (κ2) is 7.59. The molecule has 0 unspecified atom stereocenters. The van der Waals surface area contributed by atoms with Crippen LogP contribution in [0.1, 0.15) is 45.0 Å². The van der Waals surface area contributed by atoms with Crippen molar-refractivity contribution in [3.8, 4) is 17.0 Å². The summed E-state index contributed by atoms with van der Waals surface area (Å²) in [5, 5.41) is 10.3. The molecule has 1 saturated heterocycles. The zero-order valence-corrected chi connectivity index (χ0v) is 18.7. The molecule has 0 bridgehead atoms. The number of hydrogen-bond donors (Lipinski definition) is 2. The number of hydrogen-bond acceptors (Lipinski definition) is 5. The zero-order valence-electron chi connectivity index (χ0n) is 18.7. The number of rotatable bonds is 5. The van der Waals surface area contributed by atoms with Crippen molar-refractivity contribution in [2.24, 2.45) is 5.92 Å². The van der Waals surface area contributed by atoms with Gasteiger partial charge < -0.3 is 19.7 Å². The minimum Gasteiger partial charge on any atom is -0.490 e.